The van der Waals surface area contributed by atoms with Gasteiger partial charge in [0.25, 0.3) is 0 Å². The molecule has 0 fully saturated rings. The third-order valence-electron chi connectivity index (χ3n) is 11.8. The number of benzene rings is 8. The van der Waals surface area contributed by atoms with Crippen LogP contribution >= 0.6 is 0 Å². The Kier molecular flexibility index (Phi) is 6.39. The second-order valence-corrected chi connectivity index (χ2v) is 21.3. The predicted molar refractivity (Wildman–Crippen MR) is 223 cm³/mol. The Morgan fingerprint density at radius 1 is 0.373 bits per heavy atom. The maximum atomic E-state index is 2.45. The van der Waals surface area contributed by atoms with Crippen molar-refractivity contribution in [2.75, 3.05) is 0 Å². The average Bonchev–Trinajstić information content (AvgIpc) is 3.60. The summed E-state index contributed by atoms with van der Waals surface area (Å²) in [6, 6.07) is 57.7. The Bertz CT molecular complexity index is 2710. The zero-order valence-electron chi connectivity index (χ0n) is 29.9. The van der Waals surface area contributed by atoms with Crippen molar-refractivity contribution in [3.8, 4) is 66.8 Å². The van der Waals surface area contributed by atoms with Crippen LogP contribution in [0.1, 0.15) is 25.0 Å². The molecule has 1 heteroatoms. The minimum absolute atomic E-state index is 0.0889. The zero-order valence-corrected chi connectivity index (χ0v) is 30.9. The lowest BCUT2D eigenvalue weighted by atomic mass is 9.81. The molecule has 0 aromatic heterocycles. The van der Waals surface area contributed by atoms with Gasteiger partial charge in [0.15, 0.2) is 0 Å². The van der Waals surface area contributed by atoms with E-state index in [-0.39, 0.29) is 5.41 Å². The topological polar surface area (TPSA) is 0 Å². The van der Waals surface area contributed by atoms with E-state index in [0.717, 1.165) is 0 Å². The van der Waals surface area contributed by atoms with Crippen LogP contribution in [-0.4, -0.2) is 8.07 Å². The molecule has 0 saturated heterocycles. The molecule has 0 saturated carbocycles. The summed E-state index contributed by atoms with van der Waals surface area (Å²) in [5.41, 5.74) is 18.5. The molecule has 0 heterocycles. The van der Waals surface area contributed by atoms with Gasteiger partial charge in [-0.1, -0.05) is 166 Å². The van der Waals surface area contributed by atoms with Crippen molar-refractivity contribution in [3.63, 3.8) is 0 Å². The third kappa shape index (κ3) is 4.58. The molecule has 10 rings (SSSR count). The molecule has 0 N–H and O–H groups in total. The van der Waals surface area contributed by atoms with Gasteiger partial charge < -0.3 is 0 Å². The Balaban J connectivity index is 1.01. The van der Waals surface area contributed by atoms with Crippen molar-refractivity contribution in [2.45, 2.75) is 38.9 Å². The van der Waals surface area contributed by atoms with E-state index in [4.69, 9.17) is 0 Å². The van der Waals surface area contributed by atoms with Gasteiger partial charge in [-0.05, 0) is 124 Å². The monoisotopic (exact) mass is 668 g/mol. The van der Waals surface area contributed by atoms with Crippen molar-refractivity contribution in [1.82, 2.24) is 0 Å². The van der Waals surface area contributed by atoms with Crippen molar-refractivity contribution < 1.29 is 0 Å². The highest BCUT2D eigenvalue weighted by Crippen LogP contribution is 2.51. The fourth-order valence-corrected chi connectivity index (χ4v) is 10.1. The Hall–Kier alpha value is -5.50. The van der Waals surface area contributed by atoms with E-state index in [1.165, 1.54) is 105 Å². The molecule has 0 aliphatic heterocycles. The summed E-state index contributed by atoms with van der Waals surface area (Å²) >= 11 is 0. The maximum absolute atomic E-state index is 2.45. The van der Waals surface area contributed by atoms with Crippen LogP contribution in [0.15, 0.2) is 152 Å². The van der Waals surface area contributed by atoms with E-state index in [9.17, 15) is 0 Å². The van der Waals surface area contributed by atoms with Gasteiger partial charge >= 0.3 is 0 Å². The van der Waals surface area contributed by atoms with Gasteiger partial charge in [0.2, 0.25) is 0 Å². The predicted octanol–water partition coefficient (Wildman–Crippen LogP) is 13.5. The summed E-state index contributed by atoms with van der Waals surface area (Å²) in [7, 11) is -1.33. The summed E-state index contributed by atoms with van der Waals surface area (Å²) in [6.07, 6.45) is 0. The second-order valence-electron chi connectivity index (χ2n) is 16.2. The van der Waals surface area contributed by atoms with Crippen molar-refractivity contribution in [1.29, 1.82) is 0 Å². The molecular weight excluding hydrogens is 629 g/mol. The molecule has 244 valence electrons. The Labute approximate surface area is 302 Å². The SMILES string of the molecule is CC1(C)c2cc(-c3ccc([Si](C)(C)C)cc3)ccc2-c2ccc(-c3ccc4ccc(-c5ccc6c7c(cccc57)-c5ccccc5-6)cc4c3)cc21. The summed E-state index contributed by atoms with van der Waals surface area (Å²) in [5.74, 6) is 0. The lowest BCUT2D eigenvalue weighted by molar-refractivity contribution is 0.661. The molecule has 0 bridgehead atoms. The highest BCUT2D eigenvalue weighted by atomic mass is 28.3. The first kappa shape index (κ1) is 30.3. The van der Waals surface area contributed by atoms with Gasteiger partial charge in [-0.3, -0.25) is 0 Å². The summed E-state index contributed by atoms with van der Waals surface area (Å²) in [5, 5.41) is 6.73. The van der Waals surface area contributed by atoms with Crippen LogP contribution in [0.5, 0.6) is 0 Å². The molecule has 51 heavy (non-hydrogen) atoms. The van der Waals surface area contributed by atoms with E-state index >= 15 is 0 Å². The van der Waals surface area contributed by atoms with E-state index in [0.29, 0.717) is 0 Å². The quantitative estimate of drug-likeness (QED) is 0.164. The van der Waals surface area contributed by atoms with Gasteiger partial charge in [-0.2, -0.15) is 0 Å². The summed E-state index contributed by atoms with van der Waals surface area (Å²) < 4.78 is 0. The van der Waals surface area contributed by atoms with Gasteiger partial charge in [0.1, 0.15) is 0 Å². The molecule has 0 spiro atoms. The van der Waals surface area contributed by atoms with Gasteiger partial charge in [0.05, 0.1) is 8.07 Å². The molecule has 0 atom stereocenters. The number of fused-ring (bicyclic) bond motifs is 7. The standard InChI is InChI=1S/C50H40Si/c1-50(2)47-29-34(31-17-21-38(22-18-31)51(3,4)5)19-23-42(47)43-24-20-35(30-48(43)50)33-15-13-32-14-16-36(28-37(32)27-33)39-25-26-46-41-10-7-6-9-40(41)45-12-8-11-44(39)49(45)46/h6-30H,1-5H3. The molecule has 8 aromatic carbocycles. The van der Waals surface area contributed by atoms with Crippen LogP contribution in [0, 0.1) is 0 Å². The van der Waals surface area contributed by atoms with Crippen LogP contribution in [0.4, 0.5) is 0 Å². The molecule has 2 aliphatic carbocycles. The highest BCUT2D eigenvalue weighted by molar-refractivity contribution is 6.88. The lowest BCUT2D eigenvalue weighted by Crippen LogP contribution is -2.37. The van der Waals surface area contributed by atoms with Crippen LogP contribution in [0.25, 0.3) is 88.3 Å². The molecule has 0 unspecified atom stereocenters. The van der Waals surface area contributed by atoms with Gasteiger partial charge in [-0.15, -0.1) is 0 Å². The fraction of sp³-hybridized carbons (Fsp3) is 0.120. The first-order valence-electron chi connectivity index (χ1n) is 18.3. The van der Waals surface area contributed by atoms with E-state index < -0.39 is 8.07 Å². The first-order valence-corrected chi connectivity index (χ1v) is 21.8. The molecule has 8 aromatic rings. The van der Waals surface area contributed by atoms with Crippen LogP contribution < -0.4 is 5.19 Å². The van der Waals surface area contributed by atoms with Crippen LogP contribution in [0.3, 0.4) is 0 Å². The van der Waals surface area contributed by atoms with Gasteiger partial charge in [0, 0.05) is 5.41 Å². The van der Waals surface area contributed by atoms with Crippen LogP contribution in [0.2, 0.25) is 19.6 Å². The smallest absolute Gasteiger partial charge is 0.0656 e. The van der Waals surface area contributed by atoms with Crippen molar-refractivity contribution in [2.24, 2.45) is 0 Å². The number of rotatable bonds is 4. The highest BCUT2D eigenvalue weighted by Gasteiger charge is 2.36. The molecule has 0 radical (unpaired) electrons. The van der Waals surface area contributed by atoms with E-state index in [2.05, 4.69) is 185 Å². The van der Waals surface area contributed by atoms with Crippen LogP contribution in [-0.2, 0) is 5.41 Å². The summed E-state index contributed by atoms with van der Waals surface area (Å²) in [4.78, 5) is 0. The Morgan fingerprint density at radius 3 is 1.53 bits per heavy atom. The minimum atomic E-state index is -1.33. The molecule has 2 aliphatic rings. The Morgan fingerprint density at radius 2 is 0.863 bits per heavy atom. The second kappa shape index (κ2) is 10.7. The third-order valence-corrected chi connectivity index (χ3v) is 13.9. The van der Waals surface area contributed by atoms with E-state index in [1.54, 1.807) is 0 Å². The molecular formula is C50H40Si. The first-order chi connectivity index (χ1) is 24.6. The lowest BCUT2D eigenvalue weighted by Gasteiger charge is -2.23. The normalized spacial score (nSPS) is 13.7. The van der Waals surface area contributed by atoms with Crippen molar-refractivity contribution >= 4 is 34.8 Å². The molecule has 0 amide bonds. The van der Waals surface area contributed by atoms with E-state index in [1.807, 2.05) is 0 Å². The number of hydrogen-bond donors (Lipinski definition) is 0. The minimum Gasteiger partial charge on any atom is -0.0656 e. The maximum Gasteiger partial charge on any atom is 0.0775 e. The zero-order chi connectivity index (χ0) is 34.6. The number of hydrogen-bond acceptors (Lipinski definition) is 0. The average molecular weight is 669 g/mol. The van der Waals surface area contributed by atoms with Crippen molar-refractivity contribution in [3.05, 3.63) is 163 Å². The molecule has 0 nitrogen and oxygen atoms in total. The fourth-order valence-electron chi connectivity index (χ4n) is 8.91. The van der Waals surface area contributed by atoms with Gasteiger partial charge in [-0.25, -0.2) is 0 Å². The largest absolute Gasteiger partial charge is 0.0775 e. The summed E-state index contributed by atoms with van der Waals surface area (Å²) in [6.45, 7) is 12.0.